The van der Waals surface area contributed by atoms with Gasteiger partial charge in [-0.05, 0) is 6.42 Å². The molecule has 0 saturated carbocycles. The molecule has 0 fully saturated rings. The Kier molecular flexibility index (Phi) is 6.62. The molecule has 3 heteroatoms. The lowest BCUT2D eigenvalue weighted by Gasteiger charge is -2.08. The van der Waals surface area contributed by atoms with Crippen molar-refractivity contribution in [2.75, 3.05) is 11.9 Å². The van der Waals surface area contributed by atoms with Crippen molar-refractivity contribution in [1.82, 2.24) is 0 Å². The minimum absolute atomic E-state index is 0.0547. The number of hydrogen-bond acceptors (Lipinski definition) is 2. The zero-order valence-electron chi connectivity index (χ0n) is 7.10. The van der Waals surface area contributed by atoms with Crippen LogP contribution >= 0.6 is 15.9 Å². The fourth-order valence-electron chi connectivity index (χ4n) is 0.832. The zero-order chi connectivity index (χ0) is 8.69. The second-order valence-corrected chi connectivity index (χ2v) is 3.34. The Morgan fingerprint density at radius 2 is 2.27 bits per heavy atom. The fraction of sp³-hybridized carbons (Fsp3) is 0.875. The van der Waals surface area contributed by atoms with Gasteiger partial charge in [0.1, 0.15) is 6.61 Å². The molecule has 66 valence electrons. The second kappa shape index (κ2) is 6.65. The maximum Gasteiger partial charge on any atom is 0.308 e. The summed E-state index contributed by atoms with van der Waals surface area (Å²) in [6.07, 6.45) is 1.95. The molecule has 0 aromatic carbocycles. The molecule has 0 aromatic heterocycles. The molecule has 0 spiro atoms. The third kappa shape index (κ3) is 5.24. The van der Waals surface area contributed by atoms with Crippen molar-refractivity contribution in [1.29, 1.82) is 0 Å². The first kappa shape index (κ1) is 11.0. The van der Waals surface area contributed by atoms with Crippen molar-refractivity contribution in [3.8, 4) is 0 Å². The lowest BCUT2D eigenvalue weighted by atomic mass is 10.1. The van der Waals surface area contributed by atoms with E-state index in [1.54, 1.807) is 0 Å². The molecule has 11 heavy (non-hydrogen) atoms. The van der Waals surface area contributed by atoms with Crippen LogP contribution in [0, 0.1) is 5.92 Å². The van der Waals surface area contributed by atoms with E-state index in [9.17, 15) is 4.79 Å². The largest absolute Gasteiger partial charge is 0.465 e. The van der Waals surface area contributed by atoms with Crippen molar-refractivity contribution >= 4 is 21.9 Å². The van der Waals surface area contributed by atoms with Crippen LogP contribution in [0.25, 0.3) is 0 Å². The van der Waals surface area contributed by atoms with Crippen LogP contribution in [-0.2, 0) is 9.53 Å². The van der Waals surface area contributed by atoms with E-state index in [4.69, 9.17) is 4.74 Å². The molecule has 0 aromatic rings. The SMILES string of the molecule is CCCC(C)C(=O)OCCBr. The number of hydrogen-bond donors (Lipinski definition) is 0. The van der Waals surface area contributed by atoms with Gasteiger partial charge in [-0.15, -0.1) is 0 Å². The summed E-state index contributed by atoms with van der Waals surface area (Å²) in [5, 5.41) is 0.720. The Bertz CT molecular complexity index is 115. The maximum atomic E-state index is 11.0. The van der Waals surface area contributed by atoms with Crippen LogP contribution in [0.1, 0.15) is 26.7 Å². The highest BCUT2D eigenvalue weighted by atomic mass is 79.9. The van der Waals surface area contributed by atoms with Gasteiger partial charge >= 0.3 is 5.97 Å². The quantitative estimate of drug-likeness (QED) is 0.528. The average molecular weight is 223 g/mol. The van der Waals surface area contributed by atoms with E-state index in [1.165, 1.54) is 0 Å². The van der Waals surface area contributed by atoms with Gasteiger partial charge in [-0.3, -0.25) is 4.79 Å². The minimum Gasteiger partial charge on any atom is -0.465 e. The summed E-state index contributed by atoms with van der Waals surface area (Å²) in [5.74, 6) is -0.0228. The minimum atomic E-state index is -0.0775. The van der Waals surface area contributed by atoms with Gasteiger partial charge in [-0.2, -0.15) is 0 Å². The number of rotatable bonds is 5. The molecule has 0 saturated heterocycles. The van der Waals surface area contributed by atoms with Crippen molar-refractivity contribution in [3.05, 3.63) is 0 Å². The van der Waals surface area contributed by atoms with Crippen LogP contribution in [-0.4, -0.2) is 17.9 Å². The van der Waals surface area contributed by atoms with Crippen molar-refractivity contribution in [3.63, 3.8) is 0 Å². The van der Waals surface area contributed by atoms with Gasteiger partial charge in [-0.1, -0.05) is 36.2 Å². The van der Waals surface area contributed by atoms with E-state index in [-0.39, 0.29) is 11.9 Å². The topological polar surface area (TPSA) is 26.3 Å². The van der Waals surface area contributed by atoms with Crippen LogP contribution in [0.4, 0.5) is 0 Å². The summed E-state index contributed by atoms with van der Waals surface area (Å²) in [6.45, 7) is 4.45. The standard InChI is InChI=1S/C8H15BrO2/c1-3-4-7(2)8(10)11-6-5-9/h7H,3-6H2,1-2H3. The third-order valence-corrected chi connectivity index (χ3v) is 1.77. The van der Waals surface area contributed by atoms with Crippen LogP contribution in [0.3, 0.4) is 0 Å². The van der Waals surface area contributed by atoms with Crippen LogP contribution in [0.2, 0.25) is 0 Å². The van der Waals surface area contributed by atoms with E-state index in [1.807, 2.05) is 6.92 Å². The van der Waals surface area contributed by atoms with Gasteiger partial charge in [0.25, 0.3) is 0 Å². The summed E-state index contributed by atoms with van der Waals surface area (Å²) in [7, 11) is 0. The summed E-state index contributed by atoms with van der Waals surface area (Å²) in [4.78, 5) is 11.0. The van der Waals surface area contributed by atoms with Gasteiger partial charge in [-0.25, -0.2) is 0 Å². The number of carbonyl (C=O) groups is 1. The zero-order valence-corrected chi connectivity index (χ0v) is 8.69. The number of carbonyl (C=O) groups excluding carboxylic acids is 1. The Hall–Kier alpha value is -0.0500. The molecule has 0 heterocycles. The highest BCUT2D eigenvalue weighted by Gasteiger charge is 2.11. The van der Waals surface area contributed by atoms with Crippen molar-refractivity contribution < 1.29 is 9.53 Å². The molecule has 1 unspecified atom stereocenters. The lowest BCUT2D eigenvalue weighted by molar-refractivity contribution is -0.147. The monoisotopic (exact) mass is 222 g/mol. The Labute approximate surface area is 76.4 Å². The van der Waals surface area contributed by atoms with E-state index in [0.717, 1.165) is 18.2 Å². The van der Waals surface area contributed by atoms with Crippen LogP contribution in [0.5, 0.6) is 0 Å². The molecule has 0 aliphatic heterocycles. The molecular weight excluding hydrogens is 208 g/mol. The highest BCUT2D eigenvalue weighted by molar-refractivity contribution is 9.09. The number of halogens is 1. The molecule has 2 nitrogen and oxygen atoms in total. The highest BCUT2D eigenvalue weighted by Crippen LogP contribution is 2.06. The van der Waals surface area contributed by atoms with Gasteiger partial charge in [0.05, 0.1) is 5.92 Å². The molecule has 0 aliphatic carbocycles. The first-order chi connectivity index (χ1) is 5.22. The van der Waals surface area contributed by atoms with E-state index < -0.39 is 0 Å². The predicted octanol–water partition coefficient (Wildman–Crippen LogP) is 2.36. The van der Waals surface area contributed by atoms with Gasteiger partial charge < -0.3 is 4.74 Å². The first-order valence-corrected chi connectivity index (χ1v) is 5.07. The van der Waals surface area contributed by atoms with Crippen LogP contribution < -0.4 is 0 Å². The third-order valence-electron chi connectivity index (χ3n) is 1.45. The Morgan fingerprint density at radius 3 is 2.73 bits per heavy atom. The van der Waals surface area contributed by atoms with Gasteiger partial charge in [0, 0.05) is 5.33 Å². The molecule has 1 atom stereocenters. The molecule has 0 rings (SSSR count). The number of ether oxygens (including phenoxy) is 1. The Morgan fingerprint density at radius 1 is 1.64 bits per heavy atom. The van der Waals surface area contributed by atoms with E-state index in [0.29, 0.717) is 6.61 Å². The van der Waals surface area contributed by atoms with Crippen molar-refractivity contribution in [2.45, 2.75) is 26.7 Å². The molecular formula is C8H15BrO2. The van der Waals surface area contributed by atoms with E-state index in [2.05, 4.69) is 22.9 Å². The average Bonchev–Trinajstić information content (AvgIpc) is 2.00. The second-order valence-electron chi connectivity index (χ2n) is 2.55. The van der Waals surface area contributed by atoms with E-state index >= 15 is 0 Å². The molecule has 0 N–H and O–H groups in total. The normalized spacial score (nSPS) is 12.6. The molecule has 0 amide bonds. The predicted molar refractivity (Wildman–Crippen MR) is 48.8 cm³/mol. The summed E-state index contributed by atoms with van der Waals surface area (Å²) >= 11 is 3.19. The molecule has 0 bridgehead atoms. The van der Waals surface area contributed by atoms with Gasteiger partial charge in [0.2, 0.25) is 0 Å². The summed E-state index contributed by atoms with van der Waals surface area (Å²) in [5.41, 5.74) is 0. The molecule has 0 aliphatic rings. The maximum absolute atomic E-state index is 11.0. The first-order valence-electron chi connectivity index (χ1n) is 3.95. The Balaban J connectivity index is 3.47. The lowest BCUT2D eigenvalue weighted by Crippen LogP contribution is -2.15. The molecule has 0 radical (unpaired) electrons. The van der Waals surface area contributed by atoms with Crippen molar-refractivity contribution in [2.24, 2.45) is 5.92 Å². The fourth-order valence-corrected chi connectivity index (χ4v) is 0.994. The number of esters is 1. The summed E-state index contributed by atoms with van der Waals surface area (Å²) in [6, 6.07) is 0. The van der Waals surface area contributed by atoms with Gasteiger partial charge in [0.15, 0.2) is 0 Å². The van der Waals surface area contributed by atoms with Crippen LogP contribution in [0.15, 0.2) is 0 Å². The smallest absolute Gasteiger partial charge is 0.308 e. The number of alkyl halides is 1. The summed E-state index contributed by atoms with van der Waals surface area (Å²) < 4.78 is 4.92.